The quantitative estimate of drug-likeness (QED) is 0.648. The monoisotopic (exact) mass is 406 g/mol. The molecule has 5 heteroatoms. The highest BCUT2D eigenvalue weighted by atomic mass is 16.5. The van der Waals surface area contributed by atoms with Gasteiger partial charge in [-0.1, -0.05) is 12.1 Å². The van der Waals surface area contributed by atoms with Crippen LogP contribution in [0.25, 0.3) is 0 Å². The van der Waals surface area contributed by atoms with Gasteiger partial charge in [-0.15, -0.1) is 0 Å². The number of benzene rings is 2. The average molecular weight is 407 g/mol. The topological polar surface area (TPSA) is 50.8 Å². The highest BCUT2D eigenvalue weighted by Gasteiger charge is 2.32. The van der Waals surface area contributed by atoms with Gasteiger partial charge in [-0.05, 0) is 73.4 Å². The zero-order valence-electron chi connectivity index (χ0n) is 17.6. The molecule has 0 spiro atoms. The van der Waals surface area contributed by atoms with Crippen molar-refractivity contribution in [2.24, 2.45) is 11.8 Å². The van der Waals surface area contributed by atoms with Gasteiger partial charge in [0.15, 0.2) is 11.5 Å². The molecule has 0 bridgehead atoms. The van der Waals surface area contributed by atoms with E-state index in [-0.39, 0.29) is 11.8 Å². The van der Waals surface area contributed by atoms with E-state index in [2.05, 4.69) is 29.6 Å². The second kappa shape index (κ2) is 8.21. The summed E-state index contributed by atoms with van der Waals surface area (Å²) in [4.78, 5) is 14.7. The van der Waals surface area contributed by atoms with E-state index < -0.39 is 0 Å². The van der Waals surface area contributed by atoms with Crippen molar-refractivity contribution in [1.29, 1.82) is 0 Å². The minimum absolute atomic E-state index is 0.162. The molecule has 1 saturated heterocycles. The second-order valence-corrected chi connectivity index (χ2v) is 8.94. The minimum atomic E-state index is 0.162. The summed E-state index contributed by atoms with van der Waals surface area (Å²) in [7, 11) is 1.67. The standard InChI is InChI=1S/C25H30N2O3/c1-29-23-10-9-19(11-24(23)30-16-18-7-8-18)20-12-25(28)27(15-20)22-4-2-3-21(13-22)26-14-17-5-6-17/h2-4,9-11,13,17-18,20,26H,5-8,12,14-16H2,1H3/t20-/m0/s1. The van der Waals surface area contributed by atoms with E-state index in [4.69, 9.17) is 9.47 Å². The van der Waals surface area contributed by atoms with Crippen LogP contribution in [0.15, 0.2) is 42.5 Å². The molecule has 5 nitrogen and oxygen atoms in total. The number of ether oxygens (including phenoxy) is 2. The number of carbonyl (C=O) groups is 1. The van der Waals surface area contributed by atoms with Crippen molar-refractivity contribution in [2.45, 2.75) is 38.0 Å². The first-order valence-corrected chi connectivity index (χ1v) is 11.1. The summed E-state index contributed by atoms with van der Waals surface area (Å²) in [5.41, 5.74) is 3.21. The molecule has 5 rings (SSSR count). The van der Waals surface area contributed by atoms with Gasteiger partial charge in [-0.3, -0.25) is 4.79 Å². The van der Waals surface area contributed by atoms with Gasteiger partial charge in [-0.25, -0.2) is 0 Å². The van der Waals surface area contributed by atoms with Crippen LogP contribution >= 0.6 is 0 Å². The fourth-order valence-corrected chi connectivity index (χ4v) is 4.10. The first-order chi connectivity index (χ1) is 14.7. The van der Waals surface area contributed by atoms with Gasteiger partial charge in [0.25, 0.3) is 0 Å². The van der Waals surface area contributed by atoms with Crippen LogP contribution in [0.3, 0.4) is 0 Å². The molecule has 30 heavy (non-hydrogen) atoms. The predicted octanol–water partition coefficient (Wildman–Crippen LogP) is 4.83. The van der Waals surface area contributed by atoms with Crippen LogP contribution in [-0.4, -0.2) is 32.7 Å². The smallest absolute Gasteiger partial charge is 0.227 e. The lowest BCUT2D eigenvalue weighted by Gasteiger charge is -2.19. The molecule has 0 unspecified atom stereocenters. The Kier molecular flexibility index (Phi) is 5.28. The van der Waals surface area contributed by atoms with E-state index >= 15 is 0 Å². The van der Waals surface area contributed by atoms with Crippen LogP contribution in [-0.2, 0) is 4.79 Å². The van der Waals surface area contributed by atoms with Crippen molar-refractivity contribution in [3.05, 3.63) is 48.0 Å². The lowest BCUT2D eigenvalue weighted by atomic mass is 9.98. The molecule has 1 aliphatic heterocycles. The Hall–Kier alpha value is -2.69. The highest BCUT2D eigenvalue weighted by molar-refractivity contribution is 5.97. The molecule has 2 saturated carbocycles. The maximum absolute atomic E-state index is 12.8. The lowest BCUT2D eigenvalue weighted by Crippen LogP contribution is -2.24. The summed E-state index contributed by atoms with van der Waals surface area (Å²) in [5, 5.41) is 3.51. The number of nitrogens with zero attached hydrogens (tertiary/aromatic N) is 1. The van der Waals surface area contributed by atoms with Crippen molar-refractivity contribution < 1.29 is 14.3 Å². The number of hydrogen-bond donors (Lipinski definition) is 1. The summed E-state index contributed by atoms with van der Waals surface area (Å²) in [6, 6.07) is 14.3. The van der Waals surface area contributed by atoms with Crippen LogP contribution < -0.4 is 19.7 Å². The number of carbonyl (C=O) groups excluding carboxylic acids is 1. The molecule has 158 valence electrons. The Morgan fingerprint density at radius 1 is 1.03 bits per heavy atom. The summed E-state index contributed by atoms with van der Waals surface area (Å²) in [6.07, 6.45) is 5.68. The van der Waals surface area contributed by atoms with Crippen LogP contribution in [0, 0.1) is 11.8 Å². The molecule has 0 aromatic heterocycles. The Bertz CT molecular complexity index is 920. The Morgan fingerprint density at radius 2 is 1.87 bits per heavy atom. The zero-order chi connectivity index (χ0) is 20.5. The Morgan fingerprint density at radius 3 is 2.63 bits per heavy atom. The number of hydrogen-bond acceptors (Lipinski definition) is 4. The third kappa shape index (κ3) is 4.40. The molecule has 1 N–H and O–H groups in total. The third-order valence-corrected chi connectivity index (χ3v) is 6.41. The molecule has 2 aromatic rings. The van der Waals surface area contributed by atoms with Gasteiger partial charge in [0, 0.05) is 36.8 Å². The van der Waals surface area contributed by atoms with Crippen molar-refractivity contribution in [2.75, 3.05) is 37.0 Å². The fraction of sp³-hybridized carbons (Fsp3) is 0.480. The fourth-order valence-electron chi connectivity index (χ4n) is 4.10. The maximum atomic E-state index is 12.8. The van der Waals surface area contributed by atoms with Gasteiger partial charge in [0.2, 0.25) is 5.91 Å². The number of amides is 1. The van der Waals surface area contributed by atoms with E-state index in [1.807, 2.05) is 23.1 Å². The predicted molar refractivity (Wildman–Crippen MR) is 119 cm³/mol. The summed E-state index contributed by atoms with van der Waals surface area (Å²) >= 11 is 0. The Labute approximate surface area is 178 Å². The molecule has 3 fully saturated rings. The van der Waals surface area contributed by atoms with E-state index in [0.717, 1.165) is 47.5 Å². The normalized spacial score (nSPS) is 21.0. The van der Waals surface area contributed by atoms with Crippen molar-refractivity contribution >= 4 is 17.3 Å². The maximum Gasteiger partial charge on any atom is 0.227 e. The molecule has 1 atom stereocenters. The highest BCUT2D eigenvalue weighted by Crippen LogP contribution is 2.38. The van der Waals surface area contributed by atoms with E-state index in [9.17, 15) is 4.79 Å². The summed E-state index contributed by atoms with van der Waals surface area (Å²) in [6.45, 7) is 2.46. The number of rotatable bonds is 9. The second-order valence-electron chi connectivity index (χ2n) is 8.94. The van der Waals surface area contributed by atoms with E-state index in [0.29, 0.717) is 18.9 Å². The SMILES string of the molecule is COc1ccc([C@H]2CC(=O)N(c3cccc(NCC4CC4)c3)C2)cc1OCC1CC1. The van der Waals surface area contributed by atoms with Crippen molar-refractivity contribution in [3.63, 3.8) is 0 Å². The largest absolute Gasteiger partial charge is 0.493 e. The summed E-state index contributed by atoms with van der Waals surface area (Å²) < 4.78 is 11.5. The van der Waals surface area contributed by atoms with Gasteiger partial charge >= 0.3 is 0 Å². The van der Waals surface area contributed by atoms with Gasteiger partial charge in [0.1, 0.15) is 0 Å². The molecule has 2 aliphatic carbocycles. The first kappa shape index (κ1) is 19.3. The molecule has 2 aromatic carbocycles. The lowest BCUT2D eigenvalue weighted by molar-refractivity contribution is -0.117. The number of anilines is 2. The molecule has 3 aliphatic rings. The van der Waals surface area contributed by atoms with Gasteiger partial charge in [0.05, 0.1) is 13.7 Å². The van der Waals surface area contributed by atoms with E-state index in [1.54, 1.807) is 7.11 Å². The number of nitrogens with one attached hydrogen (secondary N) is 1. The minimum Gasteiger partial charge on any atom is -0.493 e. The summed E-state index contributed by atoms with van der Waals surface area (Å²) in [5.74, 6) is 3.39. The number of methoxy groups -OCH3 is 1. The van der Waals surface area contributed by atoms with Gasteiger partial charge < -0.3 is 19.7 Å². The van der Waals surface area contributed by atoms with Gasteiger partial charge in [-0.2, -0.15) is 0 Å². The van der Waals surface area contributed by atoms with Crippen LogP contribution in [0.2, 0.25) is 0 Å². The molecular weight excluding hydrogens is 376 g/mol. The molecule has 0 radical (unpaired) electrons. The Balaban J connectivity index is 1.29. The molecular formula is C25H30N2O3. The first-order valence-electron chi connectivity index (χ1n) is 11.1. The molecule has 1 heterocycles. The van der Waals surface area contributed by atoms with Crippen LogP contribution in [0.1, 0.15) is 43.6 Å². The zero-order valence-corrected chi connectivity index (χ0v) is 17.6. The third-order valence-electron chi connectivity index (χ3n) is 6.41. The molecule has 1 amide bonds. The average Bonchev–Trinajstić information content (AvgIpc) is 3.70. The van der Waals surface area contributed by atoms with Crippen LogP contribution in [0.5, 0.6) is 11.5 Å². The van der Waals surface area contributed by atoms with Crippen molar-refractivity contribution in [3.8, 4) is 11.5 Å². The van der Waals surface area contributed by atoms with Crippen LogP contribution in [0.4, 0.5) is 11.4 Å². The van der Waals surface area contributed by atoms with Crippen molar-refractivity contribution in [1.82, 2.24) is 0 Å². The van der Waals surface area contributed by atoms with E-state index in [1.165, 1.54) is 25.7 Å².